The standard InChI is InChI=1S/C14H13ClN2O5S/c1-2-21-9-4-7(5-10-13(20)17-14(16)23-10)3-8(15)12(9)22-6-11(18)19/h3-5H,2,6H2,1H3,(H,18,19)(H2,16,17,20). The Kier molecular flexibility index (Phi) is 5.51. The zero-order valence-corrected chi connectivity index (χ0v) is 13.6. The van der Waals surface area contributed by atoms with E-state index in [1.54, 1.807) is 19.1 Å². The molecule has 0 bridgehead atoms. The number of rotatable bonds is 6. The predicted octanol–water partition coefficient (Wildman–Crippen LogP) is 2.13. The van der Waals surface area contributed by atoms with Gasteiger partial charge >= 0.3 is 5.97 Å². The summed E-state index contributed by atoms with van der Waals surface area (Å²) in [7, 11) is 0. The van der Waals surface area contributed by atoms with Crippen LogP contribution in [-0.2, 0) is 9.59 Å². The Morgan fingerprint density at radius 1 is 1.48 bits per heavy atom. The Balaban J connectivity index is 2.34. The lowest BCUT2D eigenvalue weighted by Gasteiger charge is -2.13. The maximum atomic E-state index is 11.6. The van der Waals surface area contributed by atoms with E-state index in [2.05, 4.69) is 4.99 Å². The number of benzene rings is 1. The van der Waals surface area contributed by atoms with Gasteiger partial charge in [-0.3, -0.25) is 4.79 Å². The van der Waals surface area contributed by atoms with Gasteiger partial charge < -0.3 is 20.3 Å². The van der Waals surface area contributed by atoms with Crippen LogP contribution in [0.3, 0.4) is 0 Å². The second-order valence-corrected chi connectivity index (χ2v) is 5.78. The average Bonchev–Trinajstić information content (AvgIpc) is 2.76. The normalized spacial score (nSPS) is 15.7. The molecule has 2 rings (SSSR count). The SMILES string of the molecule is CCOc1cc(C=C2SC(N)=NC2=O)cc(Cl)c1OCC(=O)O. The lowest BCUT2D eigenvalue weighted by molar-refractivity contribution is -0.139. The molecule has 0 radical (unpaired) electrons. The Bertz CT molecular complexity index is 717. The summed E-state index contributed by atoms with van der Waals surface area (Å²) in [5.41, 5.74) is 6.08. The first-order valence-electron chi connectivity index (χ1n) is 6.49. The summed E-state index contributed by atoms with van der Waals surface area (Å²) in [6, 6.07) is 3.14. The predicted molar refractivity (Wildman–Crippen MR) is 87.9 cm³/mol. The lowest BCUT2D eigenvalue weighted by Crippen LogP contribution is -2.10. The first-order valence-corrected chi connectivity index (χ1v) is 7.69. The van der Waals surface area contributed by atoms with Crippen LogP contribution in [0.25, 0.3) is 6.08 Å². The van der Waals surface area contributed by atoms with E-state index < -0.39 is 18.5 Å². The highest BCUT2D eigenvalue weighted by Crippen LogP contribution is 2.38. The highest BCUT2D eigenvalue weighted by Gasteiger charge is 2.20. The number of amides is 1. The number of nitrogens with two attached hydrogens (primary N) is 1. The third kappa shape index (κ3) is 4.40. The van der Waals surface area contributed by atoms with Gasteiger partial charge in [-0.1, -0.05) is 11.6 Å². The number of thioether (sulfide) groups is 1. The molecular weight excluding hydrogens is 344 g/mol. The van der Waals surface area contributed by atoms with Gasteiger partial charge in [-0.25, -0.2) is 4.79 Å². The molecule has 0 fully saturated rings. The van der Waals surface area contributed by atoms with Crippen LogP contribution < -0.4 is 15.2 Å². The minimum absolute atomic E-state index is 0.138. The smallest absolute Gasteiger partial charge is 0.341 e. The molecule has 1 aromatic rings. The number of hydrogen-bond donors (Lipinski definition) is 2. The number of carboxylic acid groups (broad SMARTS) is 1. The van der Waals surface area contributed by atoms with Crippen molar-refractivity contribution in [2.24, 2.45) is 10.7 Å². The van der Waals surface area contributed by atoms with Crippen LogP contribution in [0.4, 0.5) is 0 Å². The zero-order valence-electron chi connectivity index (χ0n) is 12.0. The van der Waals surface area contributed by atoms with Gasteiger partial charge in [0.2, 0.25) is 0 Å². The molecule has 0 aromatic heterocycles. The van der Waals surface area contributed by atoms with Crippen molar-refractivity contribution in [2.45, 2.75) is 6.92 Å². The molecule has 0 saturated heterocycles. The highest BCUT2D eigenvalue weighted by molar-refractivity contribution is 8.18. The molecule has 0 spiro atoms. The summed E-state index contributed by atoms with van der Waals surface area (Å²) in [5, 5.41) is 9.06. The van der Waals surface area contributed by atoms with Crippen molar-refractivity contribution in [1.82, 2.24) is 0 Å². The van der Waals surface area contributed by atoms with Crippen LogP contribution in [0.15, 0.2) is 22.0 Å². The van der Waals surface area contributed by atoms with Gasteiger partial charge in [-0.05, 0) is 42.5 Å². The summed E-state index contributed by atoms with van der Waals surface area (Å²) in [5.74, 6) is -1.13. The first-order chi connectivity index (χ1) is 10.9. The van der Waals surface area contributed by atoms with E-state index in [1.807, 2.05) is 0 Å². The van der Waals surface area contributed by atoms with E-state index in [-0.39, 0.29) is 21.7 Å². The van der Waals surface area contributed by atoms with Crippen molar-refractivity contribution < 1.29 is 24.2 Å². The molecule has 1 aliphatic rings. The number of carboxylic acids is 1. The molecule has 122 valence electrons. The molecule has 7 nitrogen and oxygen atoms in total. The molecule has 0 unspecified atom stereocenters. The topological polar surface area (TPSA) is 111 Å². The van der Waals surface area contributed by atoms with Crippen molar-refractivity contribution in [2.75, 3.05) is 13.2 Å². The number of aliphatic imine (C=N–C) groups is 1. The van der Waals surface area contributed by atoms with Crippen molar-refractivity contribution in [3.63, 3.8) is 0 Å². The third-order valence-corrected chi connectivity index (χ3v) is 3.70. The fourth-order valence-electron chi connectivity index (χ4n) is 1.79. The van der Waals surface area contributed by atoms with Gasteiger partial charge in [0.05, 0.1) is 16.5 Å². The van der Waals surface area contributed by atoms with Crippen LogP contribution in [-0.4, -0.2) is 35.4 Å². The van der Waals surface area contributed by atoms with Gasteiger partial charge in [0.25, 0.3) is 5.91 Å². The molecule has 1 amide bonds. The molecule has 23 heavy (non-hydrogen) atoms. The third-order valence-electron chi connectivity index (χ3n) is 2.61. The van der Waals surface area contributed by atoms with E-state index in [9.17, 15) is 9.59 Å². The van der Waals surface area contributed by atoms with Crippen molar-refractivity contribution >= 4 is 46.5 Å². The van der Waals surface area contributed by atoms with Crippen LogP contribution >= 0.6 is 23.4 Å². The maximum Gasteiger partial charge on any atom is 0.341 e. The van der Waals surface area contributed by atoms with Gasteiger partial charge in [0.15, 0.2) is 23.3 Å². The van der Waals surface area contributed by atoms with E-state index in [0.29, 0.717) is 17.1 Å². The summed E-state index contributed by atoms with van der Waals surface area (Å²) < 4.78 is 10.6. The van der Waals surface area contributed by atoms with E-state index in [0.717, 1.165) is 11.8 Å². The summed E-state index contributed by atoms with van der Waals surface area (Å²) in [6.07, 6.45) is 1.58. The molecule has 1 aliphatic heterocycles. The van der Waals surface area contributed by atoms with Crippen molar-refractivity contribution in [3.8, 4) is 11.5 Å². The van der Waals surface area contributed by atoms with Crippen molar-refractivity contribution in [3.05, 3.63) is 27.6 Å². The summed E-state index contributed by atoms with van der Waals surface area (Å²) >= 11 is 7.19. The van der Waals surface area contributed by atoms with E-state index >= 15 is 0 Å². The van der Waals surface area contributed by atoms with Gasteiger partial charge in [-0.15, -0.1) is 0 Å². The summed E-state index contributed by atoms with van der Waals surface area (Å²) in [6.45, 7) is 1.56. The Morgan fingerprint density at radius 3 is 2.78 bits per heavy atom. The van der Waals surface area contributed by atoms with Gasteiger partial charge in [0, 0.05) is 0 Å². The van der Waals surface area contributed by atoms with Crippen molar-refractivity contribution in [1.29, 1.82) is 0 Å². The zero-order chi connectivity index (χ0) is 17.0. The molecule has 0 saturated carbocycles. The number of nitrogens with zero attached hydrogens (tertiary/aromatic N) is 1. The number of halogens is 1. The molecule has 1 heterocycles. The quantitative estimate of drug-likeness (QED) is 0.751. The number of aliphatic carboxylic acids is 1. The molecule has 0 atom stereocenters. The largest absolute Gasteiger partial charge is 0.490 e. The van der Waals surface area contributed by atoms with Gasteiger partial charge in [0.1, 0.15) is 0 Å². The Hall–Kier alpha value is -2.19. The Morgan fingerprint density at radius 2 is 2.22 bits per heavy atom. The second kappa shape index (κ2) is 7.38. The molecule has 0 aliphatic carbocycles. The molecule has 1 aromatic carbocycles. The summed E-state index contributed by atoms with van der Waals surface area (Å²) in [4.78, 5) is 26.2. The lowest BCUT2D eigenvalue weighted by atomic mass is 10.2. The first kappa shape index (κ1) is 17.2. The Labute approximate surface area is 141 Å². The molecule has 3 N–H and O–H groups in total. The average molecular weight is 357 g/mol. The number of ether oxygens (including phenoxy) is 2. The monoisotopic (exact) mass is 356 g/mol. The fraction of sp³-hybridized carbons (Fsp3) is 0.214. The number of carbonyl (C=O) groups is 2. The van der Waals surface area contributed by atoms with Crippen LogP contribution in [0.2, 0.25) is 5.02 Å². The van der Waals surface area contributed by atoms with Gasteiger partial charge in [-0.2, -0.15) is 4.99 Å². The van der Waals surface area contributed by atoms with E-state index in [4.69, 9.17) is 31.9 Å². The highest BCUT2D eigenvalue weighted by atomic mass is 35.5. The molecular formula is C14H13ClN2O5S. The maximum absolute atomic E-state index is 11.6. The number of carbonyl (C=O) groups excluding carboxylic acids is 1. The molecule has 9 heteroatoms. The van der Waals surface area contributed by atoms with Crippen LogP contribution in [0.1, 0.15) is 12.5 Å². The van der Waals surface area contributed by atoms with Crippen LogP contribution in [0.5, 0.6) is 11.5 Å². The minimum atomic E-state index is -1.13. The number of amidine groups is 1. The van der Waals surface area contributed by atoms with Crippen LogP contribution in [0, 0.1) is 0 Å². The second-order valence-electron chi connectivity index (χ2n) is 4.31. The fourth-order valence-corrected chi connectivity index (χ4v) is 2.74. The number of hydrogen-bond acceptors (Lipinski definition) is 6. The minimum Gasteiger partial charge on any atom is -0.490 e. The van der Waals surface area contributed by atoms with E-state index in [1.165, 1.54) is 6.07 Å².